The second kappa shape index (κ2) is 12.0. The average molecular weight is 448 g/mol. The van der Waals surface area contributed by atoms with Gasteiger partial charge in [-0.1, -0.05) is 66.0 Å². The molecule has 0 saturated heterocycles. The van der Waals surface area contributed by atoms with Crippen LogP contribution in [-0.2, 0) is 32.1 Å². The molecule has 1 N–H and O–H groups in total. The number of benzene rings is 1. The maximum Gasteiger partial charge on any atom is 0.253 e. The topological polar surface area (TPSA) is 55.6 Å². The van der Waals surface area contributed by atoms with Crippen molar-refractivity contribution in [2.45, 2.75) is 99.3 Å². The summed E-state index contributed by atoms with van der Waals surface area (Å²) in [5.74, 6) is 1.56. The van der Waals surface area contributed by atoms with Crippen LogP contribution in [0.4, 0.5) is 11.5 Å². The highest BCUT2D eigenvalue weighted by atomic mass is 15.4. The number of nitrogens with one attached hydrogen (secondary N) is 1. The fourth-order valence-electron chi connectivity index (χ4n) is 4.52. The van der Waals surface area contributed by atoms with Gasteiger partial charge in [-0.15, -0.1) is 0 Å². The van der Waals surface area contributed by atoms with Crippen LogP contribution in [0.25, 0.3) is 5.95 Å². The van der Waals surface area contributed by atoms with Gasteiger partial charge in [0.05, 0.1) is 11.4 Å². The van der Waals surface area contributed by atoms with E-state index in [4.69, 9.17) is 15.1 Å². The predicted octanol–water partition coefficient (Wildman–Crippen LogP) is 7.09. The standard InChI is InChI=1S/C28H41N5/c1-7-12-15-21-16-18-22(19-17-21)30-27-23(10-4)20(6)29-28(31-27)33-26(14-9-3)24(11-5)25(32-33)13-8-2/h16-19H,7-15H2,1-6H3,(H,29,30,31). The molecule has 2 aromatic heterocycles. The van der Waals surface area contributed by atoms with Gasteiger partial charge in [-0.25, -0.2) is 9.67 Å². The lowest BCUT2D eigenvalue weighted by molar-refractivity contribution is 0.714. The maximum atomic E-state index is 5.01. The third-order valence-corrected chi connectivity index (χ3v) is 6.28. The van der Waals surface area contributed by atoms with Gasteiger partial charge in [-0.3, -0.25) is 0 Å². The number of unbranched alkanes of at least 4 members (excludes halogenated alkanes) is 1. The average Bonchev–Trinajstić information content (AvgIpc) is 3.16. The SMILES string of the molecule is CCCCc1ccc(Nc2nc(-n3nc(CCC)c(CC)c3CCC)nc(C)c2CC)cc1. The second-order valence-corrected chi connectivity index (χ2v) is 8.85. The van der Waals surface area contributed by atoms with Crippen LogP contribution < -0.4 is 5.32 Å². The van der Waals surface area contributed by atoms with Crippen LogP contribution in [0.15, 0.2) is 24.3 Å². The molecule has 5 nitrogen and oxygen atoms in total. The monoisotopic (exact) mass is 447 g/mol. The first-order chi connectivity index (χ1) is 16.1. The van der Waals surface area contributed by atoms with E-state index >= 15 is 0 Å². The van der Waals surface area contributed by atoms with Gasteiger partial charge in [0.1, 0.15) is 5.82 Å². The number of anilines is 2. The van der Waals surface area contributed by atoms with Crippen molar-refractivity contribution >= 4 is 11.5 Å². The molecule has 33 heavy (non-hydrogen) atoms. The van der Waals surface area contributed by atoms with Crippen LogP contribution in [0, 0.1) is 6.92 Å². The van der Waals surface area contributed by atoms with Crippen molar-refractivity contribution in [1.29, 1.82) is 0 Å². The molecular formula is C28H41N5. The zero-order valence-electron chi connectivity index (χ0n) is 21.5. The molecule has 5 heteroatoms. The summed E-state index contributed by atoms with van der Waals surface area (Å²) in [5.41, 5.74) is 8.44. The van der Waals surface area contributed by atoms with Crippen LogP contribution in [0.5, 0.6) is 0 Å². The van der Waals surface area contributed by atoms with Crippen molar-refractivity contribution in [3.63, 3.8) is 0 Å². The highest BCUT2D eigenvalue weighted by molar-refractivity contribution is 5.61. The Morgan fingerprint density at radius 1 is 0.788 bits per heavy atom. The minimum Gasteiger partial charge on any atom is -0.340 e. The first-order valence-corrected chi connectivity index (χ1v) is 12.9. The number of aromatic nitrogens is 4. The molecule has 0 fully saturated rings. The molecule has 0 atom stereocenters. The second-order valence-electron chi connectivity index (χ2n) is 8.85. The zero-order valence-corrected chi connectivity index (χ0v) is 21.5. The summed E-state index contributed by atoms with van der Waals surface area (Å²) in [6.07, 6.45) is 9.59. The summed E-state index contributed by atoms with van der Waals surface area (Å²) in [5, 5.41) is 8.59. The lowest BCUT2D eigenvalue weighted by atomic mass is 10.0. The number of hydrogen-bond donors (Lipinski definition) is 1. The molecule has 0 aliphatic carbocycles. The van der Waals surface area contributed by atoms with E-state index in [0.29, 0.717) is 5.95 Å². The molecule has 0 spiro atoms. The van der Waals surface area contributed by atoms with Gasteiger partial charge in [0.2, 0.25) is 0 Å². The quantitative estimate of drug-likeness (QED) is 0.322. The Bertz CT molecular complexity index is 1030. The van der Waals surface area contributed by atoms with Crippen molar-refractivity contribution in [2.24, 2.45) is 0 Å². The van der Waals surface area contributed by atoms with Crippen molar-refractivity contribution in [3.8, 4) is 5.95 Å². The van der Waals surface area contributed by atoms with Gasteiger partial charge in [-0.05, 0) is 68.7 Å². The van der Waals surface area contributed by atoms with E-state index in [0.717, 1.165) is 67.7 Å². The Morgan fingerprint density at radius 3 is 2.09 bits per heavy atom. The Morgan fingerprint density at radius 2 is 1.48 bits per heavy atom. The molecule has 0 saturated carbocycles. The fourth-order valence-corrected chi connectivity index (χ4v) is 4.52. The Labute approximate surface area is 200 Å². The number of hydrogen-bond acceptors (Lipinski definition) is 4. The van der Waals surface area contributed by atoms with Gasteiger partial charge >= 0.3 is 0 Å². The van der Waals surface area contributed by atoms with Gasteiger partial charge in [0.15, 0.2) is 0 Å². The lowest BCUT2D eigenvalue weighted by Crippen LogP contribution is -2.12. The first kappa shape index (κ1) is 24.9. The number of nitrogens with zero attached hydrogens (tertiary/aromatic N) is 4. The Hall–Kier alpha value is -2.69. The summed E-state index contributed by atoms with van der Waals surface area (Å²) >= 11 is 0. The van der Waals surface area contributed by atoms with Crippen LogP contribution >= 0.6 is 0 Å². The van der Waals surface area contributed by atoms with Gasteiger partial charge in [-0.2, -0.15) is 10.1 Å². The van der Waals surface area contributed by atoms with E-state index < -0.39 is 0 Å². The molecule has 2 heterocycles. The van der Waals surface area contributed by atoms with Gasteiger partial charge in [0.25, 0.3) is 5.95 Å². The maximum absolute atomic E-state index is 5.01. The lowest BCUT2D eigenvalue weighted by Gasteiger charge is -2.15. The van der Waals surface area contributed by atoms with Crippen LogP contribution in [-0.4, -0.2) is 19.7 Å². The molecule has 1 aromatic carbocycles. The van der Waals surface area contributed by atoms with Crippen LogP contribution in [0.3, 0.4) is 0 Å². The zero-order chi connectivity index (χ0) is 23.8. The summed E-state index contributed by atoms with van der Waals surface area (Å²) in [7, 11) is 0. The minimum absolute atomic E-state index is 0.673. The molecule has 3 rings (SSSR count). The molecule has 0 aliphatic heterocycles. The molecule has 0 amide bonds. The molecule has 0 radical (unpaired) electrons. The molecule has 0 bridgehead atoms. The van der Waals surface area contributed by atoms with Crippen LogP contribution in [0.1, 0.15) is 94.1 Å². The normalized spacial score (nSPS) is 11.2. The van der Waals surface area contributed by atoms with Crippen LogP contribution in [0.2, 0.25) is 0 Å². The summed E-state index contributed by atoms with van der Waals surface area (Å²) in [4.78, 5) is 9.92. The summed E-state index contributed by atoms with van der Waals surface area (Å²) < 4.78 is 2.01. The predicted molar refractivity (Wildman–Crippen MR) is 139 cm³/mol. The summed E-state index contributed by atoms with van der Waals surface area (Å²) in [6, 6.07) is 8.75. The molecule has 3 aromatic rings. The molecule has 0 aliphatic rings. The van der Waals surface area contributed by atoms with E-state index in [1.807, 2.05) is 4.68 Å². The van der Waals surface area contributed by atoms with E-state index in [1.165, 1.54) is 35.4 Å². The third-order valence-electron chi connectivity index (χ3n) is 6.28. The Kier molecular flexibility index (Phi) is 9.04. The van der Waals surface area contributed by atoms with E-state index in [2.05, 4.69) is 71.1 Å². The van der Waals surface area contributed by atoms with Gasteiger partial charge < -0.3 is 5.32 Å². The number of aryl methyl sites for hydroxylation is 3. The third kappa shape index (κ3) is 5.82. The van der Waals surface area contributed by atoms with E-state index in [1.54, 1.807) is 0 Å². The van der Waals surface area contributed by atoms with Gasteiger partial charge in [0, 0.05) is 16.9 Å². The van der Waals surface area contributed by atoms with E-state index in [-0.39, 0.29) is 0 Å². The highest BCUT2D eigenvalue weighted by Gasteiger charge is 2.20. The van der Waals surface area contributed by atoms with Crippen molar-refractivity contribution in [1.82, 2.24) is 19.7 Å². The Balaban J connectivity index is 2.02. The highest BCUT2D eigenvalue weighted by Crippen LogP contribution is 2.26. The van der Waals surface area contributed by atoms with Crippen molar-refractivity contribution < 1.29 is 0 Å². The molecular weight excluding hydrogens is 406 g/mol. The molecule has 178 valence electrons. The van der Waals surface area contributed by atoms with Crippen molar-refractivity contribution in [2.75, 3.05) is 5.32 Å². The largest absolute Gasteiger partial charge is 0.340 e. The fraction of sp³-hybridized carbons (Fsp3) is 0.536. The molecule has 0 unspecified atom stereocenters. The first-order valence-electron chi connectivity index (χ1n) is 12.9. The summed E-state index contributed by atoms with van der Waals surface area (Å²) in [6.45, 7) is 13.1. The van der Waals surface area contributed by atoms with Crippen molar-refractivity contribution in [3.05, 3.63) is 58.0 Å². The van der Waals surface area contributed by atoms with E-state index in [9.17, 15) is 0 Å². The minimum atomic E-state index is 0.673. The number of rotatable bonds is 12. The smallest absolute Gasteiger partial charge is 0.253 e.